The molecule has 180 valence electrons. The van der Waals surface area contributed by atoms with Gasteiger partial charge in [0.15, 0.2) is 0 Å². The number of benzene rings is 3. The molecule has 7 nitrogen and oxygen atoms in total. The van der Waals surface area contributed by atoms with Crippen LogP contribution in [0.2, 0.25) is 0 Å². The third kappa shape index (κ3) is 5.36. The smallest absolute Gasteiger partial charge is 0.243 e. The SMILES string of the molecule is O=S(=O)(c1ccc(CNCc2cn(-c3ccccc3)nc2-c2ccccc2)cc1)N1CCOCC1. The van der Waals surface area contributed by atoms with Crippen LogP contribution in [0.25, 0.3) is 16.9 Å². The Morgan fingerprint density at radius 2 is 1.49 bits per heavy atom. The number of morpholine rings is 1. The Morgan fingerprint density at radius 1 is 0.829 bits per heavy atom. The van der Waals surface area contributed by atoms with Gasteiger partial charge in [0, 0.05) is 43.5 Å². The van der Waals surface area contributed by atoms with Crippen LogP contribution >= 0.6 is 0 Å². The fraction of sp³-hybridized carbons (Fsp3) is 0.222. The van der Waals surface area contributed by atoms with Crippen molar-refractivity contribution in [3.8, 4) is 16.9 Å². The highest BCUT2D eigenvalue weighted by molar-refractivity contribution is 7.89. The Bertz CT molecular complexity index is 1350. The van der Waals surface area contributed by atoms with Crippen molar-refractivity contribution in [2.45, 2.75) is 18.0 Å². The highest BCUT2D eigenvalue weighted by Crippen LogP contribution is 2.24. The predicted molar refractivity (Wildman–Crippen MR) is 136 cm³/mol. The zero-order valence-electron chi connectivity index (χ0n) is 19.4. The normalized spacial score (nSPS) is 14.7. The Hall–Kier alpha value is -3.30. The molecule has 0 amide bonds. The molecule has 3 aromatic carbocycles. The van der Waals surface area contributed by atoms with Gasteiger partial charge in [-0.15, -0.1) is 0 Å². The van der Waals surface area contributed by atoms with Crippen LogP contribution < -0.4 is 5.32 Å². The largest absolute Gasteiger partial charge is 0.379 e. The first-order valence-electron chi connectivity index (χ1n) is 11.7. The maximum atomic E-state index is 12.8. The van der Waals surface area contributed by atoms with E-state index in [1.54, 1.807) is 12.1 Å². The van der Waals surface area contributed by atoms with Crippen LogP contribution in [0.1, 0.15) is 11.1 Å². The van der Waals surface area contributed by atoms with Crippen LogP contribution in [0, 0.1) is 0 Å². The number of aromatic nitrogens is 2. The Morgan fingerprint density at radius 3 is 2.17 bits per heavy atom. The van der Waals surface area contributed by atoms with Gasteiger partial charge in [0.1, 0.15) is 0 Å². The van der Waals surface area contributed by atoms with Gasteiger partial charge in [0.25, 0.3) is 0 Å². The summed E-state index contributed by atoms with van der Waals surface area (Å²) in [7, 11) is -3.48. The van der Waals surface area contributed by atoms with Crippen molar-refractivity contribution in [3.05, 3.63) is 102 Å². The zero-order chi connectivity index (χ0) is 24.1. The predicted octanol–water partition coefficient (Wildman–Crippen LogP) is 3.85. The van der Waals surface area contributed by atoms with E-state index in [-0.39, 0.29) is 0 Å². The Kier molecular flexibility index (Phi) is 7.06. The lowest BCUT2D eigenvalue weighted by atomic mass is 10.1. The molecule has 0 radical (unpaired) electrons. The van der Waals surface area contributed by atoms with Crippen molar-refractivity contribution in [3.63, 3.8) is 0 Å². The molecular weight excluding hydrogens is 460 g/mol. The second-order valence-electron chi connectivity index (χ2n) is 8.41. The fourth-order valence-electron chi connectivity index (χ4n) is 4.15. The molecule has 0 spiro atoms. The van der Waals surface area contributed by atoms with E-state index < -0.39 is 10.0 Å². The molecule has 2 heterocycles. The summed E-state index contributed by atoms with van der Waals surface area (Å²) in [5.74, 6) is 0. The van der Waals surface area contributed by atoms with Gasteiger partial charge in [0.05, 0.1) is 29.5 Å². The lowest BCUT2D eigenvalue weighted by Crippen LogP contribution is -2.40. The Labute approximate surface area is 206 Å². The van der Waals surface area contributed by atoms with E-state index in [9.17, 15) is 8.42 Å². The average molecular weight is 489 g/mol. The highest BCUT2D eigenvalue weighted by Gasteiger charge is 2.26. The van der Waals surface area contributed by atoms with E-state index >= 15 is 0 Å². The number of sulfonamides is 1. The standard InChI is InChI=1S/C27H28N4O3S/c32-35(33,30-15-17-34-18-16-30)26-13-11-22(12-14-26)19-28-20-24-21-31(25-9-5-2-6-10-25)29-27(24)23-7-3-1-4-8-23/h1-14,21,28H,15-20H2. The molecule has 1 aromatic heterocycles. The van der Waals surface area contributed by atoms with Crippen molar-refractivity contribution in [2.75, 3.05) is 26.3 Å². The summed E-state index contributed by atoms with van der Waals surface area (Å²) in [6.07, 6.45) is 2.06. The lowest BCUT2D eigenvalue weighted by Gasteiger charge is -2.26. The first-order chi connectivity index (χ1) is 17.1. The molecule has 0 atom stereocenters. The number of para-hydroxylation sites is 1. The second kappa shape index (κ2) is 10.5. The van der Waals surface area contributed by atoms with Crippen LogP contribution in [-0.4, -0.2) is 48.8 Å². The van der Waals surface area contributed by atoms with Gasteiger partial charge in [-0.05, 0) is 29.8 Å². The minimum atomic E-state index is -3.48. The quantitative estimate of drug-likeness (QED) is 0.408. The molecule has 1 fully saturated rings. The van der Waals surface area contributed by atoms with Gasteiger partial charge in [-0.25, -0.2) is 13.1 Å². The van der Waals surface area contributed by atoms with Crippen LogP contribution in [0.4, 0.5) is 0 Å². The van der Waals surface area contributed by atoms with E-state index in [1.165, 1.54) is 4.31 Å². The van der Waals surface area contributed by atoms with Gasteiger partial charge in [-0.2, -0.15) is 9.40 Å². The van der Waals surface area contributed by atoms with Crippen molar-refractivity contribution in [1.29, 1.82) is 0 Å². The van der Waals surface area contributed by atoms with Gasteiger partial charge < -0.3 is 10.1 Å². The van der Waals surface area contributed by atoms with E-state index in [0.29, 0.717) is 44.3 Å². The molecule has 1 saturated heterocycles. The topological polar surface area (TPSA) is 76.5 Å². The first kappa shape index (κ1) is 23.4. The molecule has 1 aliphatic rings. The summed E-state index contributed by atoms with van der Waals surface area (Å²) in [4.78, 5) is 0.318. The summed E-state index contributed by atoms with van der Waals surface area (Å²) < 4.78 is 34.3. The summed E-state index contributed by atoms with van der Waals surface area (Å²) in [6.45, 7) is 2.91. The lowest BCUT2D eigenvalue weighted by molar-refractivity contribution is 0.0730. The maximum absolute atomic E-state index is 12.8. The summed E-state index contributed by atoms with van der Waals surface area (Å²) in [5.41, 5.74) is 5.12. The average Bonchev–Trinajstić information content (AvgIpc) is 3.35. The highest BCUT2D eigenvalue weighted by atomic mass is 32.2. The molecule has 5 rings (SSSR count). The molecule has 0 saturated carbocycles. The minimum Gasteiger partial charge on any atom is -0.379 e. The molecule has 0 aliphatic carbocycles. The van der Waals surface area contributed by atoms with E-state index in [2.05, 4.69) is 23.6 Å². The summed E-state index contributed by atoms with van der Waals surface area (Å²) in [6, 6.07) is 27.3. The first-order valence-corrected chi connectivity index (χ1v) is 13.1. The number of ether oxygens (including phenoxy) is 1. The van der Waals surface area contributed by atoms with Gasteiger partial charge in [-0.3, -0.25) is 0 Å². The van der Waals surface area contributed by atoms with Gasteiger partial charge >= 0.3 is 0 Å². The third-order valence-electron chi connectivity index (χ3n) is 6.03. The number of rotatable bonds is 8. The van der Waals surface area contributed by atoms with Crippen LogP contribution in [0.3, 0.4) is 0 Å². The number of hydrogen-bond donors (Lipinski definition) is 1. The molecule has 1 N–H and O–H groups in total. The monoisotopic (exact) mass is 488 g/mol. The molecular formula is C27H28N4O3S. The van der Waals surface area contributed by atoms with Gasteiger partial charge in [-0.1, -0.05) is 60.7 Å². The third-order valence-corrected chi connectivity index (χ3v) is 7.95. The maximum Gasteiger partial charge on any atom is 0.243 e. The van der Waals surface area contributed by atoms with Crippen LogP contribution in [0.5, 0.6) is 0 Å². The molecule has 35 heavy (non-hydrogen) atoms. The molecule has 8 heteroatoms. The Balaban J connectivity index is 1.29. The van der Waals surface area contributed by atoms with Crippen LogP contribution in [-0.2, 0) is 27.8 Å². The van der Waals surface area contributed by atoms with Crippen molar-refractivity contribution in [2.24, 2.45) is 0 Å². The van der Waals surface area contributed by atoms with Crippen molar-refractivity contribution < 1.29 is 13.2 Å². The van der Waals surface area contributed by atoms with E-state index in [4.69, 9.17) is 9.84 Å². The fourth-order valence-corrected chi connectivity index (χ4v) is 5.56. The minimum absolute atomic E-state index is 0.318. The van der Waals surface area contributed by atoms with Crippen molar-refractivity contribution >= 4 is 10.0 Å². The molecule has 1 aliphatic heterocycles. The number of nitrogens with one attached hydrogen (secondary N) is 1. The molecule has 0 bridgehead atoms. The van der Waals surface area contributed by atoms with Gasteiger partial charge in [0.2, 0.25) is 10.0 Å². The molecule has 4 aromatic rings. The van der Waals surface area contributed by atoms with E-state index in [1.807, 2.05) is 65.3 Å². The number of hydrogen-bond acceptors (Lipinski definition) is 5. The van der Waals surface area contributed by atoms with Crippen molar-refractivity contribution in [1.82, 2.24) is 19.4 Å². The summed E-state index contributed by atoms with van der Waals surface area (Å²) >= 11 is 0. The second-order valence-corrected chi connectivity index (χ2v) is 10.4. The van der Waals surface area contributed by atoms with E-state index in [0.717, 1.165) is 28.1 Å². The zero-order valence-corrected chi connectivity index (χ0v) is 20.2. The molecule has 0 unspecified atom stereocenters. The van der Waals surface area contributed by atoms with Crippen LogP contribution in [0.15, 0.2) is 96.0 Å². The summed E-state index contributed by atoms with van der Waals surface area (Å²) in [5, 5.41) is 8.34. The number of nitrogens with zero attached hydrogens (tertiary/aromatic N) is 3.